The normalized spacial score (nSPS) is 23.1. The lowest BCUT2D eigenvalue weighted by Gasteiger charge is -2.29. The SMILES string of the molecule is O/N=C(/C[C@H]1NCCC[C@@H]1O)Cn1cnc2ncc(Br)cc21. The number of nitrogens with one attached hydrogen (secondary N) is 1. The van der Waals surface area contributed by atoms with Gasteiger partial charge in [-0.3, -0.25) is 0 Å². The number of hydrogen-bond acceptors (Lipinski definition) is 6. The number of piperidine rings is 1. The molecule has 0 spiro atoms. The van der Waals surface area contributed by atoms with E-state index in [2.05, 4.69) is 36.4 Å². The lowest BCUT2D eigenvalue weighted by atomic mass is 9.96. The van der Waals surface area contributed by atoms with Crippen molar-refractivity contribution in [1.29, 1.82) is 0 Å². The molecular weight excluding hydrogens is 350 g/mol. The monoisotopic (exact) mass is 367 g/mol. The largest absolute Gasteiger partial charge is 0.411 e. The number of imidazole rings is 1. The molecule has 0 radical (unpaired) electrons. The molecule has 3 N–H and O–H groups in total. The minimum atomic E-state index is -0.402. The van der Waals surface area contributed by atoms with Crippen LogP contribution < -0.4 is 5.32 Å². The van der Waals surface area contributed by atoms with Crippen LogP contribution in [-0.4, -0.2) is 49.3 Å². The van der Waals surface area contributed by atoms with Crippen molar-refractivity contribution in [2.75, 3.05) is 6.54 Å². The number of fused-ring (bicyclic) bond motifs is 1. The van der Waals surface area contributed by atoms with Gasteiger partial charge in [-0.15, -0.1) is 0 Å². The standard InChI is InChI=1S/C14H18BrN5O2/c15-9-4-12-14(17-6-9)18-8-20(12)7-10(19-22)5-11-13(21)2-1-3-16-11/h4,6,8,11,13,16,21-22H,1-3,5,7H2/b19-10-/t11-,13+/m1/s1. The lowest BCUT2D eigenvalue weighted by Crippen LogP contribution is -2.46. The maximum absolute atomic E-state index is 10.0. The first-order valence-corrected chi connectivity index (χ1v) is 8.04. The number of hydrogen-bond donors (Lipinski definition) is 3. The van der Waals surface area contributed by atoms with Crippen molar-refractivity contribution in [3.63, 3.8) is 0 Å². The zero-order chi connectivity index (χ0) is 15.5. The van der Waals surface area contributed by atoms with Gasteiger partial charge < -0.3 is 20.2 Å². The van der Waals surface area contributed by atoms with E-state index in [9.17, 15) is 10.3 Å². The number of halogens is 1. The highest BCUT2D eigenvalue weighted by Crippen LogP contribution is 2.18. The van der Waals surface area contributed by atoms with Crippen molar-refractivity contribution in [1.82, 2.24) is 19.9 Å². The molecule has 0 saturated carbocycles. The Morgan fingerprint density at radius 2 is 2.36 bits per heavy atom. The van der Waals surface area contributed by atoms with Gasteiger partial charge in [0.25, 0.3) is 0 Å². The summed E-state index contributed by atoms with van der Waals surface area (Å²) in [4.78, 5) is 8.47. The maximum atomic E-state index is 10.0. The summed E-state index contributed by atoms with van der Waals surface area (Å²) in [6, 6.07) is 1.86. The quantitative estimate of drug-likeness (QED) is 0.432. The number of pyridine rings is 1. The Hall–Kier alpha value is -1.51. The van der Waals surface area contributed by atoms with E-state index >= 15 is 0 Å². The van der Waals surface area contributed by atoms with Crippen LogP contribution in [0.1, 0.15) is 19.3 Å². The van der Waals surface area contributed by atoms with E-state index in [1.807, 2.05) is 10.6 Å². The third-order valence-electron chi connectivity index (χ3n) is 3.94. The topological polar surface area (TPSA) is 95.6 Å². The highest BCUT2D eigenvalue weighted by Gasteiger charge is 2.24. The van der Waals surface area contributed by atoms with E-state index in [1.54, 1.807) is 12.5 Å². The van der Waals surface area contributed by atoms with Crippen molar-refractivity contribution in [2.24, 2.45) is 5.16 Å². The Labute approximate surface area is 136 Å². The predicted octanol–water partition coefficient (Wildman–Crippen LogP) is 1.53. The van der Waals surface area contributed by atoms with E-state index < -0.39 is 6.10 Å². The first-order valence-electron chi connectivity index (χ1n) is 7.25. The van der Waals surface area contributed by atoms with Crippen molar-refractivity contribution in [3.8, 4) is 0 Å². The molecule has 2 aromatic heterocycles. The average Bonchev–Trinajstić information content (AvgIpc) is 2.91. The van der Waals surface area contributed by atoms with Crippen LogP contribution in [0, 0.1) is 0 Å². The van der Waals surface area contributed by atoms with E-state index in [0.717, 1.165) is 29.4 Å². The molecule has 22 heavy (non-hydrogen) atoms. The van der Waals surface area contributed by atoms with E-state index in [1.165, 1.54) is 0 Å². The van der Waals surface area contributed by atoms with Gasteiger partial charge in [-0.25, -0.2) is 9.97 Å². The fourth-order valence-electron chi connectivity index (χ4n) is 2.78. The van der Waals surface area contributed by atoms with Crippen molar-refractivity contribution >= 4 is 32.8 Å². The number of aromatic nitrogens is 3. The highest BCUT2D eigenvalue weighted by atomic mass is 79.9. The summed E-state index contributed by atoms with van der Waals surface area (Å²) in [6.45, 7) is 1.29. The van der Waals surface area contributed by atoms with Gasteiger partial charge in [-0.2, -0.15) is 0 Å². The Balaban J connectivity index is 1.75. The molecule has 8 heteroatoms. The molecule has 7 nitrogen and oxygen atoms in total. The molecule has 2 aromatic rings. The average molecular weight is 368 g/mol. The summed E-state index contributed by atoms with van der Waals surface area (Å²) in [7, 11) is 0. The second kappa shape index (κ2) is 6.72. The molecular formula is C14H18BrN5O2. The molecule has 0 aliphatic carbocycles. The molecule has 0 bridgehead atoms. The van der Waals surface area contributed by atoms with Crippen molar-refractivity contribution in [3.05, 3.63) is 23.1 Å². The number of aliphatic hydroxyl groups excluding tert-OH is 1. The third-order valence-corrected chi connectivity index (χ3v) is 4.37. The zero-order valence-electron chi connectivity index (χ0n) is 12.0. The number of aliphatic hydroxyl groups is 1. The summed E-state index contributed by atoms with van der Waals surface area (Å²) in [5, 5.41) is 26.0. The summed E-state index contributed by atoms with van der Waals surface area (Å²) >= 11 is 3.40. The second-order valence-electron chi connectivity index (χ2n) is 5.51. The smallest absolute Gasteiger partial charge is 0.177 e. The van der Waals surface area contributed by atoms with Crippen LogP contribution >= 0.6 is 15.9 Å². The van der Waals surface area contributed by atoms with Crippen LogP contribution in [-0.2, 0) is 6.54 Å². The minimum absolute atomic E-state index is 0.0701. The molecule has 118 valence electrons. The molecule has 0 amide bonds. The Kier molecular flexibility index (Phi) is 4.70. The molecule has 1 aliphatic heterocycles. The molecule has 1 fully saturated rings. The Morgan fingerprint density at radius 1 is 1.50 bits per heavy atom. The fraction of sp³-hybridized carbons (Fsp3) is 0.500. The summed E-state index contributed by atoms with van der Waals surface area (Å²) in [5.74, 6) is 0. The van der Waals surface area contributed by atoms with E-state index in [-0.39, 0.29) is 6.04 Å². The maximum Gasteiger partial charge on any atom is 0.177 e. The van der Waals surface area contributed by atoms with Crippen LogP contribution in [0.3, 0.4) is 0 Å². The highest BCUT2D eigenvalue weighted by molar-refractivity contribution is 9.10. The number of rotatable bonds is 4. The predicted molar refractivity (Wildman–Crippen MR) is 86.1 cm³/mol. The van der Waals surface area contributed by atoms with Crippen LogP contribution in [0.2, 0.25) is 0 Å². The molecule has 3 rings (SSSR count). The van der Waals surface area contributed by atoms with Crippen LogP contribution in [0.25, 0.3) is 11.2 Å². The van der Waals surface area contributed by atoms with Gasteiger partial charge >= 0.3 is 0 Å². The first-order chi connectivity index (χ1) is 10.7. The molecule has 2 atom stereocenters. The summed E-state index contributed by atoms with van der Waals surface area (Å²) in [5.41, 5.74) is 2.11. The molecule has 1 aliphatic rings. The second-order valence-corrected chi connectivity index (χ2v) is 6.42. The van der Waals surface area contributed by atoms with Gasteiger partial charge in [0.2, 0.25) is 0 Å². The van der Waals surface area contributed by atoms with Gasteiger partial charge in [0.05, 0.1) is 30.2 Å². The van der Waals surface area contributed by atoms with Gasteiger partial charge in [0.1, 0.15) is 0 Å². The number of nitrogens with zero attached hydrogens (tertiary/aromatic N) is 4. The Morgan fingerprint density at radius 3 is 3.14 bits per heavy atom. The van der Waals surface area contributed by atoms with Crippen LogP contribution in [0.4, 0.5) is 0 Å². The fourth-order valence-corrected chi connectivity index (χ4v) is 3.10. The molecule has 0 unspecified atom stereocenters. The lowest BCUT2D eigenvalue weighted by molar-refractivity contribution is 0.0987. The Bertz CT molecular complexity index is 687. The summed E-state index contributed by atoms with van der Waals surface area (Å²) < 4.78 is 2.76. The summed E-state index contributed by atoms with van der Waals surface area (Å²) in [6.07, 6.45) is 5.22. The van der Waals surface area contributed by atoms with E-state index in [0.29, 0.717) is 24.3 Å². The van der Waals surface area contributed by atoms with Crippen molar-refractivity contribution in [2.45, 2.75) is 38.0 Å². The van der Waals surface area contributed by atoms with Gasteiger partial charge in [-0.1, -0.05) is 5.16 Å². The van der Waals surface area contributed by atoms with E-state index in [4.69, 9.17) is 0 Å². The van der Waals surface area contributed by atoms with Gasteiger partial charge in [-0.05, 0) is 41.4 Å². The molecule has 1 saturated heterocycles. The third kappa shape index (κ3) is 3.29. The number of oxime groups is 1. The van der Waals surface area contributed by atoms with Crippen molar-refractivity contribution < 1.29 is 10.3 Å². The zero-order valence-corrected chi connectivity index (χ0v) is 13.6. The van der Waals surface area contributed by atoms with Crippen LogP contribution in [0.15, 0.2) is 28.2 Å². The van der Waals surface area contributed by atoms with Crippen LogP contribution in [0.5, 0.6) is 0 Å². The first kappa shape index (κ1) is 15.4. The van der Waals surface area contributed by atoms with Gasteiger partial charge in [0, 0.05) is 23.1 Å². The molecule has 0 aromatic carbocycles. The van der Waals surface area contributed by atoms with Gasteiger partial charge in [0.15, 0.2) is 5.65 Å². The molecule has 3 heterocycles. The minimum Gasteiger partial charge on any atom is -0.411 e.